The van der Waals surface area contributed by atoms with Crippen LogP contribution < -0.4 is 5.43 Å². The fraction of sp³-hybridized carbons (Fsp3) is 0.176. The molecule has 0 saturated heterocycles. The normalized spacial score (nSPS) is 10.8. The lowest BCUT2D eigenvalue weighted by molar-refractivity contribution is -0.122. The minimum Gasteiger partial charge on any atom is -0.339 e. The van der Waals surface area contributed by atoms with Gasteiger partial charge in [0.25, 0.3) is 5.91 Å². The zero-order chi connectivity index (χ0) is 18.5. The molecule has 9 nitrogen and oxygen atoms in total. The van der Waals surface area contributed by atoms with Crippen LogP contribution in [0.25, 0.3) is 11.4 Å². The Morgan fingerprint density at radius 1 is 1.38 bits per heavy atom. The molecule has 0 aliphatic carbocycles. The number of carbonyl (C=O) groups is 1. The van der Waals surface area contributed by atoms with Gasteiger partial charge >= 0.3 is 0 Å². The second-order valence-corrected chi connectivity index (χ2v) is 5.54. The molecular formula is C17H16N8O. The molecule has 0 aliphatic rings. The SMILES string of the molecule is Cc1c(C=NNC(=O)Cn2nnc(-c3ccccc3)n2)cc(C#N)n1C. The van der Waals surface area contributed by atoms with Gasteiger partial charge in [-0.2, -0.15) is 15.2 Å². The van der Waals surface area contributed by atoms with Gasteiger partial charge in [0.2, 0.25) is 5.82 Å². The van der Waals surface area contributed by atoms with Crippen LogP contribution in [0.2, 0.25) is 0 Å². The molecule has 0 atom stereocenters. The maximum Gasteiger partial charge on any atom is 0.263 e. The Morgan fingerprint density at radius 3 is 2.85 bits per heavy atom. The monoisotopic (exact) mass is 348 g/mol. The van der Waals surface area contributed by atoms with E-state index >= 15 is 0 Å². The van der Waals surface area contributed by atoms with Crippen LogP contribution in [-0.4, -0.2) is 36.9 Å². The van der Waals surface area contributed by atoms with Gasteiger partial charge in [-0.25, -0.2) is 5.43 Å². The first-order valence-corrected chi connectivity index (χ1v) is 7.80. The first kappa shape index (κ1) is 17.0. The highest BCUT2D eigenvalue weighted by atomic mass is 16.2. The average Bonchev–Trinajstić information content (AvgIpc) is 3.22. The number of rotatable bonds is 5. The maximum atomic E-state index is 12.0. The van der Waals surface area contributed by atoms with E-state index in [1.807, 2.05) is 37.3 Å². The smallest absolute Gasteiger partial charge is 0.263 e. The summed E-state index contributed by atoms with van der Waals surface area (Å²) in [6.07, 6.45) is 1.50. The van der Waals surface area contributed by atoms with Gasteiger partial charge in [0.05, 0.1) is 6.21 Å². The lowest BCUT2D eigenvalue weighted by Gasteiger charge is -1.99. The third-order valence-corrected chi connectivity index (χ3v) is 3.85. The third kappa shape index (κ3) is 3.64. The molecular weight excluding hydrogens is 332 g/mol. The van der Waals surface area contributed by atoms with E-state index in [1.165, 1.54) is 11.0 Å². The molecule has 0 unspecified atom stereocenters. The molecule has 1 amide bonds. The van der Waals surface area contributed by atoms with Gasteiger partial charge in [0.15, 0.2) is 0 Å². The summed E-state index contributed by atoms with van der Waals surface area (Å²) in [6.45, 7) is 1.77. The van der Waals surface area contributed by atoms with E-state index in [0.29, 0.717) is 11.5 Å². The van der Waals surface area contributed by atoms with Crippen LogP contribution in [0, 0.1) is 18.3 Å². The molecule has 0 fully saturated rings. The van der Waals surface area contributed by atoms with E-state index in [2.05, 4.69) is 32.0 Å². The number of carbonyl (C=O) groups excluding carboxylic acids is 1. The van der Waals surface area contributed by atoms with Gasteiger partial charge in [0, 0.05) is 23.9 Å². The van der Waals surface area contributed by atoms with Crippen molar-refractivity contribution in [2.24, 2.45) is 12.1 Å². The second kappa shape index (κ2) is 7.40. The third-order valence-electron chi connectivity index (χ3n) is 3.85. The number of benzene rings is 1. The van der Waals surface area contributed by atoms with Gasteiger partial charge in [-0.3, -0.25) is 4.79 Å². The predicted octanol–water partition coefficient (Wildman–Crippen LogP) is 1.01. The predicted molar refractivity (Wildman–Crippen MR) is 93.9 cm³/mol. The molecule has 3 aromatic rings. The number of aromatic nitrogens is 5. The molecule has 0 aliphatic heterocycles. The molecule has 2 heterocycles. The van der Waals surface area contributed by atoms with Crippen LogP contribution in [0.3, 0.4) is 0 Å². The molecule has 130 valence electrons. The molecule has 0 radical (unpaired) electrons. The van der Waals surface area contributed by atoms with Gasteiger partial charge in [-0.15, -0.1) is 10.2 Å². The van der Waals surface area contributed by atoms with E-state index in [0.717, 1.165) is 16.8 Å². The number of nitrogens with one attached hydrogen (secondary N) is 1. The van der Waals surface area contributed by atoms with Crippen LogP contribution in [0.1, 0.15) is 17.0 Å². The Labute approximate surface area is 149 Å². The van der Waals surface area contributed by atoms with Crippen molar-refractivity contribution in [1.82, 2.24) is 30.2 Å². The number of nitriles is 1. The minimum atomic E-state index is -0.382. The van der Waals surface area contributed by atoms with Crippen LogP contribution >= 0.6 is 0 Å². The fourth-order valence-corrected chi connectivity index (χ4v) is 2.31. The number of hydrogen-bond donors (Lipinski definition) is 1. The molecule has 9 heteroatoms. The van der Waals surface area contributed by atoms with Crippen molar-refractivity contribution in [2.75, 3.05) is 0 Å². The van der Waals surface area contributed by atoms with Crippen molar-refractivity contribution < 1.29 is 4.79 Å². The van der Waals surface area contributed by atoms with Gasteiger partial charge < -0.3 is 4.57 Å². The summed E-state index contributed by atoms with van der Waals surface area (Å²) < 4.78 is 1.76. The fourth-order valence-electron chi connectivity index (χ4n) is 2.31. The highest BCUT2D eigenvalue weighted by molar-refractivity contribution is 5.84. The maximum absolute atomic E-state index is 12.0. The summed E-state index contributed by atoms with van der Waals surface area (Å²) in [5.74, 6) is 0.0678. The Balaban J connectivity index is 1.60. The van der Waals surface area contributed by atoms with E-state index in [9.17, 15) is 4.79 Å². The molecule has 0 bridgehead atoms. The number of hydrogen-bond acceptors (Lipinski definition) is 6. The second-order valence-electron chi connectivity index (χ2n) is 5.54. The molecule has 0 spiro atoms. The Bertz CT molecular complexity index is 994. The first-order chi connectivity index (χ1) is 12.6. The highest BCUT2D eigenvalue weighted by Crippen LogP contribution is 2.12. The van der Waals surface area contributed by atoms with Crippen molar-refractivity contribution in [3.8, 4) is 17.5 Å². The molecule has 0 saturated carbocycles. The highest BCUT2D eigenvalue weighted by Gasteiger charge is 2.09. The lowest BCUT2D eigenvalue weighted by Crippen LogP contribution is -2.24. The van der Waals surface area contributed by atoms with Crippen molar-refractivity contribution >= 4 is 12.1 Å². The van der Waals surface area contributed by atoms with Gasteiger partial charge in [-0.05, 0) is 18.2 Å². The largest absolute Gasteiger partial charge is 0.339 e. The van der Waals surface area contributed by atoms with Gasteiger partial charge in [-0.1, -0.05) is 30.3 Å². The van der Waals surface area contributed by atoms with Crippen molar-refractivity contribution in [2.45, 2.75) is 13.5 Å². The number of hydrazone groups is 1. The van der Waals surface area contributed by atoms with Crippen LogP contribution in [0.5, 0.6) is 0 Å². The lowest BCUT2D eigenvalue weighted by atomic mass is 10.2. The van der Waals surface area contributed by atoms with Crippen molar-refractivity contribution in [3.63, 3.8) is 0 Å². The topological polar surface area (TPSA) is 114 Å². The number of amides is 1. The van der Waals surface area contributed by atoms with Crippen LogP contribution in [0.15, 0.2) is 41.5 Å². The van der Waals surface area contributed by atoms with E-state index in [1.54, 1.807) is 17.7 Å². The average molecular weight is 348 g/mol. The molecule has 1 aromatic carbocycles. The van der Waals surface area contributed by atoms with Crippen molar-refractivity contribution in [1.29, 1.82) is 5.26 Å². The van der Waals surface area contributed by atoms with E-state index in [4.69, 9.17) is 5.26 Å². The van der Waals surface area contributed by atoms with E-state index in [-0.39, 0.29) is 12.5 Å². The Kier molecular flexibility index (Phi) is 4.85. The van der Waals surface area contributed by atoms with Gasteiger partial charge in [0.1, 0.15) is 18.3 Å². The number of tetrazole rings is 1. The first-order valence-electron chi connectivity index (χ1n) is 7.80. The van der Waals surface area contributed by atoms with Crippen LogP contribution in [0.4, 0.5) is 0 Å². The molecule has 1 N–H and O–H groups in total. The summed E-state index contributed by atoms with van der Waals surface area (Å²) in [7, 11) is 1.80. The molecule has 26 heavy (non-hydrogen) atoms. The summed E-state index contributed by atoms with van der Waals surface area (Å²) in [5.41, 5.74) is 5.40. The molecule has 3 rings (SSSR count). The summed E-state index contributed by atoms with van der Waals surface area (Å²) in [6, 6.07) is 13.2. The van der Waals surface area contributed by atoms with E-state index < -0.39 is 0 Å². The zero-order valence-corrected chi connectivity index (χ0v) is 14.3. The number of nitrogens with zero attached hydrogens (tertiary/aromatic N) is 7. The summed E-state index contributed by atoms with van der Waals surface area (Å²) in [4.78, 5) is 13.2. The van der Waals surface area contributed by atoms with Crippen molar-refractivity contribution in [3.05, 3.63) is 53.3 Å². The molecule has 2 aromatic heterocycles. The zero-order valence-electron chi connectivity index (χ0n) is 14.3. The Hall–Kier alpha value is -3.80. The summed E-state index contributed by atoms with van der Waals surface area (Å²) in [5, 5.41) is 24.9. The standard InChI is InChI=1S/C17H16N8O/c1-12-14(8-15(9-18)24(12)2)10-19-20-16(26)11-25-22-17(21-23-25)13-6-4-3-5-7-13/h3-8,10H,11H2,1-2H3,(H,20,26). The quantitative estimate of drug-likeness (QED) is 0.546. The minimum absolute atomic E-state index is 0.103. The Morgan fingerprint density at radius 2 is 2.15 bits per heavy atom. The van der Waals surface area contributed by atoms with Crippen LogP contribution in [-0.2, 0) is 18.4 Å². The summed E-state index contributed by atoms with van der Waals surface area (Å²) >= 11 is 0.